The van der Waals surface area contributed by atoms with Crippen molar-refractivity contribution in [3.05, 3.63) is 35.9 Å². The van der Waals surface area contributed by atoms with E-state index in [4.69, 9.17) is 14.2 Å². The lowest BCUT2D eigenvalue weighted by molar-refractivity contribution is -0.185. The molecule has 2 rings (SSSR count). The molecule has 2 atom stereocenters. The summed E-state index contributed by atoms with van der Waals surface area (Å²) in [4.78, 5) is 36.2. The molecule has 7 nitrogen and oxygen atoms in total. The third-order valence-corrected chi connectivity index (χ3v) is 3.56. The number of rotatable bonds is 4. The first kappa shape index (κ1) is 17.8. The van der Waals surface area contributed by atoms with Gasteiger partial charge in [0.05, 0.1) is 0 Å². The zero-order valence-corrected chi connectivity index (χ0v) is 13.8. The van der Waals surface area contributed by atoms with Gasteiger partial charge in [-0.15, -0.1) is 0 Å². The number of benzene rings is 1. The molecule has 1 heterocycles. The highest BCUT2D eigenvalue weighted by atomic mass is 16.6. The fourth-order valence-corrected chi connectivity index (χ4v) is 2.57. The van der Waals surface area contributed by atoms with Crippen LogP contribution >= 0.6 is 0 Å². The fraction of sp³-hybridized carbons (Fsp3) is 0.471. The number of piperidine rings is 1. The Morgan fingerprint density at radius 1 is 1.08 bits per heavy atom. The Morgan fingerprint density at radius 2 is 1.75 bits per heavy atom. The van der Waals surface area contributed by atoms with Gasteiger partial charge in [-0.05, 0) is 18.4 Å². The number of nitrogens with zero attached hydrogens (tertiary/aromatic N) is 1. The zero-order chi connectivity index (χ0) is 17.5. The molecule has 0 aliphatic carbocycles. The lowest BCUT2D eigenvalue weighted by Gasteiger charge is -2.38. The molecule has 24 heavy (non-hydrogen) atoms. The Balaban J connectivity index is 2.04. The van der Waals surface area contributed by atoms with Crippen molar-refractivity contribution >= 4 is 18.0 Å². The van der Waals surface area contributed by atoms with Gasteiger partial charge < -0.3 is 14.2 Å². The summed E-state index contributed by atoms with van der Waals surface area (Å²) in [5.41, 5.74) is 0.850. The highest BCUT2D eigenvalue weighted by molar-refractivity contribution is 5.70. The first-order valence-corrected chi connectivity index (χ1v) is 7.79. The minimum atomic E-state index is -0.969. The topological polar surface area (TPSA) is 82.1 Å². The number of hydrogen-bond donors (Lipinski definition) is 0. The second-order valence-corrected chi connectivity index (χ2v) is 5.52. The second kappa shape index (κ2) is 8.33. The van der Waals surface area contributed by atoms with Crippen LogP contribution in [0.2, 0.25) is 0 Å². The monoisotopic (exact) mass is 335 g/mol. The van der Waals surface area contributed by atoms with Crippen molar-refractivity contribution in [3.63, 3.8) is 0 Å². The van der Waals surface area contributed by atoms with E-state index in [1.807, 2.05) is 30.3 Å². The number of carbonyl (C=O) groups excluding carboxylic acids is 3. The van der Waals surface area contributed by atoms with Crippen LogP contribution < -0.4 is 0 Å². The fourth-order valence-electron chi connectivity index (χ4n) is 2.57. The Kier molecular flexibility index (Phi) is 6.17. The Hall–Kier alpha value is -2.57. The zero-order valence-electron chi connectivity index (χ0n) is 13.8. The summed E-state index contributed by atoms with van der Waals surface area (Å²) in [6.45, 7) is 2.99. The van der Waals surface area contributed by atoms with E-state index in [2.05, 4.69) is 0 Å². The van der Waals surface area contributed by atoms with E-state index < -0.39 is 30.4 Å². The summed E-state index contributed by atoms with van der Waals surface area (Å²) in [6.07, 6.45) is -1.13. The molecule has 1 fully saturated rings. The molecule has 0 radical (unpaired) electrons. The van der Waals surface area contributed by atoms with E-state index in [1.54, 1.807) is 0 Å². The molecule has 0 spiro atoms. The van der Waals surface area contributed by atoms with E-state index in [0.717, 1.165) is 5.56 Å². The average molecular weight is 335 g/mol. The van der Waals surface area contributed by atoms with Crippen molar-refractivity contribution in [3.8, 4) is 0 Å². The molecule has 130 valence electrons. The highest BCUT2D eigenvalue weighted by Crippen LogP contribution is 2.23. The van der Waals surface area contributed by atoms with Crippen molar-refractivity contribution in [2.45, 2.75) is 45.6 Å². The summed E-state index contributed by atoms with van der Waals surface area (Å²) >= 11 is 0. The molecule has 1 aliphatic heterocycles. The SMILES string of the molecule is CC(=O)O[C@H]1CCCN(C(=O)OCc2ccccc2)[C@H]1OC(C)=O. The van der Waals surface area contributed by atoms with E-state index in [-0.39, 0.29) is 6.61 Å². The molecule has 0 N–H and O–H groups in total. The summed E-state index contributed by atoms with van der Waals surface area (Å²) in [5, 5.41) is 0. The molecule has 1 saturated heterocycles. The van der Waals surface area contributed by atoms with Crippen LogP contribution in [0, 0.1) is 0 Å². The smallest absolute Gasteiger partial charge is 0.413 e. The van der Waals surface area contributed by atoms with Gasteiger partial charge in [-0.25, -0.2) is 4.79 Å². The third-order valence-electron chi connectivity index (χ3n) is 3.56. The van der Waals surface area contributed by atoms with Gasteiger partial charge in [0.1, 0.15) is 6.61 Å². The number of ether oxygens (including phenoxy) is 3. The van der Waals surface area contributed by atoms with Gasteiger partial charge in [0.2, 0.25) is 6.23 Å². The van der Waals surface area contributed by atoms with E-state index in [0.29, 0.717) is 19.4 Å². The molecule has 0 aromatic heterocycles. The molecule has 1 aliphatic rings. The van der Waals surface area contributed by atoms with Crippen molar-refractivity contribution in [2.75, 3.05) is 6.54 Å². The van der Waals surface area contributed by atoms with Gasteiger partial charge in [0, 0.05) is 20.4 Å². The predicted octanol–water partition coefficient (Wildman–Crippen LogP) is 2.24. The maximum atomic E-state index is 12.4. The van der Waals surface area contributed by atoms with Crippen molar-refractivity contribution in [1.29, 1.82) is 0 Å². The average Bonchev–Trinajstić information content (AvgIpc) is 2.54. The Labute approximate surface area is 140 Å². The first-order chi connectivity index (χ1) is 11.5. The lowest BCUT2D eigenvalue weighted by atomic mass is 10.1. The quantitative estimate of drug-likeness (QED) is 0.620. The van der Waals surface area contributed by atoms with E-state index in [9.17, 15) is 14.4 Å². The molecule has 0 bridgehead atoms. The second-order valence-electron chi connectivity index (χ2n) is 5.52. The van der Waals surface area contributed by atoms with Crippen LogP contribution in [0.1, 0.15) is 32.3 Å². The van der Waals surface area contributed by atoms with E-state index in [1.165, 1.54) is 18.7 Å². The van der Waals surface area contributed by atoms with Crippen LogP contribution in [0.3, 0.4) is 0 Å². The van der Waals surface area contributed by atoms with Crippen molar-refractivity contribution in [2.24, 2.45) is 0 Å². The Bertz CT molecular complexity index is 588. The molecular formula is C17H21NO6. The minimum absolute atomic E-state index is 0.112. The summed E-state index contributed by atoms with van der Waals surface area (Å²) in [5.74, 6) is -1.04. The van der Waals surface area contributed by atoms with Gasteiger partial charge in [0.15, 0.2) is 6.10 Å². The summed E-state index contributed by atoms with van der Waals surface area (Å²) < 4.78 is 15.7. The lowest BCUT2D eigenvalue weighted by Crippen LogP contribution is -2.54. The van der Waals surface area contributed by atoms with Crippen molar-refractivity contribution < 1.29 is 28.6 Å². The maximum Gasteiger partial charge on any atom is 0.413 e. The minimum Gasteiger partial charge on any atom is -0.456 e. The number of hydrogen-bond acceptors (Lipinski definition) is 6. The number of likely N-dealkylation sites (tertiary alicyclic amines) is 1. The van der Waals surface area contributed by atoms with Crippen LogP contribution in [0.4, 0.5) is 4.79 Å². The van der Waals surface area contributed by atoms with Gasteiger partial charge in [-0.2, -0.15) is 0 Å². The van der Waals surface area contributed by atoms with Gasteiger partial charge in [0.25, 0.3) is 0 Å². The van der Waals surface area contributed by atoms with Crippen molar-refractivity contribution in [1.82, 2.24) is 4.90 Å². The highest BCUT2D eigenvalue weighted by Gasteiger charge is 2.39. The largest absolute Gasteiger partial charge is 0.456 e. The predicted molar refractivity (Wildman–Crippen MR) is 83.7 cm³/mol. The summed E-state index contributed by atoms with van der Waals surface area (Å²) in [6, 6.07) is 9.25. The van der Waals surface area contributed by atoms with Crippen LogP contribution in [-0.2, 0) is 30.4 Å². The first-order valence-electron chi connectivity index (χ1n) is 7.79. The van der Waals surface area contributed by atoms with Gasteiger partial charge in [-0.1, -0.05) is 30.3 Å². The van der Waals surface area contributed by atoms with Crippen LogP contribution in [0.25, 0.3) is 0 Å². The normalized spacial score (nSPS) is 20.2. The van der Waals surface area contributed by atoms with Gasteiger partial charge in [-0.3, -0.25) is 14.5 Å². The molecule has 0 unspecified atom stereocenters. The molecule has 7 heteroatoms. The number of esters is 2. The van der Waals surface area contributed by atoms with E-state index >= 15 is 0 Å². The third kappa shape index (κ3) is 4.97. The standard InChI is InChI=1S/C17H21NO6/c1-12(19)23-15-9-6-10-18(16(15)24-13(2)20)17(21)22-11-14-7-4-3-5-8-14/h3-5,7-8,15-16H,6,9-11H2,1-2H3/t15-,16-/m0/s1. The summed E-state index contributed by atoms with van der Waals surface area (Å²) in [7, 11) is 0. The maximum absolute atomic E-state index is 12.4. The molecule has 1 amide bonds. The number of amides is 1. The molecular weight excluding hydrogens is 314 g/mol. The number of carbonyl (C=O) groups is 3. The van der Waals surface area contributed by atoms with Crippen LogP contribution in [0.15, 0.2) is 30.3 Å². The van der Waals surface area contributed by atoms with Crippen LogP contribution in [-0.4, -0.2) is 41.8 Å². The Morgan fingerprint density at radius 3 is 2.38 bits per heavy atom. The van der Waals surface area contributed by atoms with Gasteiger partial charge >= 0.3 is 18.0 Å². The molecule has 0 saturated carbocycles. The van der Waals surface area contributed by atoms with Crippen LogP contribution in [0.5, 0.6) is 0 Å². The molecule has 1 aromatic rings. The molecule has 1 aromatic carbocycles.